The first-order chi connectivity index (χ1) is 12.9. The predicted octanol–water partition coefficient (Wildman–Crippen LogP) is 3.16. The van der Waals surface area contributed by atoms with Gasteiger partial charge in [0.1, 0.15) is 24.1 Å². The lowest BCUT2D eigenvalue weighted by Crippen LogP contribution is -3.12. The summed E-state index contributed by atoms with van der Waals surface area (Å²) in [6.45, 7) is 10.9. The molecule has 3 aliphatic rings. The Labute approximate surface area is 167 Å². The molecule has 0 aromatic heterocycles. The van der Waals surface area contributed by atoms with Crippen LogP contribution in [0.2, 0.25) is 0 Å². The molecule has 1 N–H and O–H groups in total. The summed E-state index contributed by atoms with van der Waals surface area (Å²) in [5, 5.41) is 6.30. The van der Waals surface area contributed by atoms with Crippen molar-refractivity contribution < 1.29 is 14.2 Å². The van der Waals surface area contributed by atoms with Crippen LogP contribution in [0.25, 0.3) is 0 Å². The van der Waals surface area contributed by atoms with Gasteiger partial charge >= 0.3 is 0 Å². The first-order valence-electron chi connectivity index (χ1n) is 9.79. The molecule has 2 aliphatic heterocycles. The fraction of sp³-hybridized carbons (Fsp3) is 0.550. The van der Waals surface area contributed by atoms with Crippen molar-refractivity contribution in [2.45, 2.75) is 33.6 Å². The Hall–Kier alpha value is -1.04. The number of hydrogen-bond donors (Lipinski definition) is 1. The molecule has 0 spiro atoms. The van der Waals surface area contributed by atoms with E-state index in [0.29, 0.717) is 6.61 Å². The van der Waals surface area contributed by atoms with E-state index in [2.05, 4.69) is 26.0 Å². The molecule has 5 nitrogen and oxygen atoms in total. The lowest BCUT2D eigenvalue weighted by atomic mass is 9.78. The number of allylic oxidation sites excluding steroid dienone is 2. The Bertz CT molecular complexity index is 816. The van der Waals surface area contributed by atoms with Crippen LogP contribution < -0.4 is 9.68 Å². The van der Waals surface area contributed by atoms with Gasteiger partial charge in [0.05, 0.1) is 31.2 Å². The number of anilines is 1. The second kappa shape index (κ2) is 7.41. The van der Waals surface area contributed by atoms with Crippen molar-refractivity contribution in [1.29, 1.82) is 0 Å². The lowest BCUT2D eigenvalue weighted by Gasteiger charge is -2.37. The Kier molecular flexibility index (Phi) is 5.30. The molecule has 1 aromatic rings. The van der Waals surface area contributed by atoms with Gasteiger partial charge in [0.25, 0.3) is 0 Å². The molecule has 0 amide bonds. The van der Waals surface area contributed by atoms with E-state index in [-0.39, 0.29) is 5.41 Å². The van der Waals surface area contributed by atoms with Gasteiger partial charge in [-0.2, -0.15) is 5.10 Å². The van der Waals surface area contributed by atoms with Gasteiger partial charge in [0.2, 0.25) is 6.42 Å². The van der Waals surface area contributed by atoms with Crippen molar-refractivity contribution >= 4 is 29.6 Å². The summed E-state index contributed by atoms with van der Waals surface area (Å²) >= 11 is 6.29. The molecule has 1 aliphatic carbocycles. The molecule has 0 radical (unpaired) electrons. The largest absolute Gasteiger partial charge is 0.370 e. The van der Waals surface area contributed by atoms with Crippen LogP contribution >= 0.6 is 6.42 Å². The molecular formula is C20H29N3O2PS+. The molecule has 1 saturated heterocycles. The SMILES string of the molecule is CCO[P@]1(=S)C2=C([NH+]3CCOCC3)CC(C)(C)CC2=NN1c1ccccc1. The van der Waals surface area contributed by atoms with Crippen LogP contribution in [0, 0.1) is 5.41 Å². The van der Waals surface area contributed by atoms with Crippen LogP contribution in [-0.4, -0.2) is 38.6 Å². The number of nitrogens with one attached hydrogen (secondary N) is 1. The average Bonchev–Trinajstić information content (AvgIpc) is 2.94. The molecule has 0 saturated carbocycles. The van der Waals surface area contributed by atoms with Crippen molar-refractivity contribution in [3.63, 3.8) is 0 Å². The van der Waals surface area contributed by atoms with Crippen molar-refractivity contribution in [1.82, 2.24) is 0 Å². The van der Waals surface area contributed by atoms with Crippen LogP contribution in [-0.2, 0) is 21.1 Å². The average molecular weight is 407 g/mol. The minimum atomic E-state index is -2.43. The molecule has 7 heteroatoms. The number of rotatable bonds is 4. The number of benzene rings is 1. The van der Waals surface area contributed by atoms with E-state index in [4.69, 9.17) is 26.2 Å². The maximum absolute atomic E-state index is 6.35. The second-order valence-corrected chi connectivity index (χ2v) is 11.8. The summed E-state index contributed by atoms with van der Waals surface area (Å²) in [4.78, 5) is 1.50. The molecule has 4 rings (SSSR count). The highest BCUT2D eigenvalue weighted by Crippen LogP contribution is 2.67. The number of morpholine rings is 1. The van der Waals surface area contributed by atoms with Gasteiger partial charge in [-0.05, 0) is 42.7 Å². The van der Waals surface area contributed by atoms with E-state index in [1.54, 1.807) is 0 Å². The standard InChI is InChI=1S/C20H28N3O2PS/c1-4-25-26(27)19-17(21-23(26)16-8-6-5-7-9-16)14-20(2,3)15-18(19)22-10-12-24-13-11-22/h5-9H,4,10-15H2,1-3H3/p+1/t26-/m0/s1. The maximum atomic E-state index is 6.35. The summed E-state index contributed by atoms with van der Waals surface area (Å²) in [7, 11) is 0. The summed E-state index contributed by atoms with van der Waals surface area (Å²) in [6.07, 6.45) is -0.437. The van der Waals surface area contributed by atoms with Gasteiger partial charge in [-0.3, -0.25) is 0 Å². The van der Waals surface area contributed by atoms with Crippen molar-refractivity contribution in [3.05, 3.63) is 41.3 Å². The number of para-hydroxylation sites is 1. The van der Waals surface area contributed by atoms with E-state index in [0.717, 1.165) is 50.5 Å². The van der Waals surface area contributed by atoms with E-state index in [1.807, 2.05) is 29.9 Å². The Morgan fingerprint density at radius 2 is 1.93 bits per heavy atom. The number of hydrazone groups is 1. The fourth-order valence-corrected chi connectivity index (χ4v) is 8.12. The van der Waals surface area contributed by atoms with Gasteiger partial charge in [-0.25, -0.2) is 4.78 Å². The highest BCUT2D eigenvalue weighted by molar-refractivity contribution is 8.15. The van der Waals surface area contributed by atoms with Crippen molar-refractivity contribution in [2.24, 2.45) is 10.5 Å². The highest BCUT2D eigenvalue weighted by Gasteiger charge is 2.50. The third-order valence-corrected chi connectivity index (χ3v) is 9.27. The van der Waals surface area contributed by atoms with Gasteiger partial charge < -0.3 is 14.2 Å². The molecule has 27 heavy (non-hydrogen) atoms. The Balaban J connectivity index is 1.86. The van der Waals surface area contributed by atoms with Gasteiger partial charge in [0, 0.05) is 6.42 Å². The molecular weight excluding hydrogens is 377 g/mol. The minimum Gasteiger partial charge on any atom is -0.370 e. The van der Waals surface area contributed by atoms with Crippen LogP contribution in [0.4, 0.5) is 5.69 Å². The summed E-state index contributed by atoms with van der Waals surface area (Å²) < 4.78 is 14.0. The molecule has 1 fully saturated rings. The smallest absolute Gasteiger partial charge is 0.213 e. The highest BCUT2D eigenvalue weighted by atomic mass is 32.4. The number of nitrogens with zero attached hydrogens (tertiary/aromatic N) is 2. The zero-order chi connectivity index (χ0) is 19.1. The molecule has 1 atom stereocenters. The second-order valence-electron chi connectivity index (χ2n) is 8.17. The van der Waals surface area contributed by atoms with Gasteiger partial charge in [0.15, 0.2) is 0 Å². The van der Waals surface area contributed by atoms with Crippen LogP contribution in [0.3, 0.4) is 0 Å². The topological polar surface area (TPSA) is 38.5 Å². The number of hydrogen-bond acceptors (Lipinski definition) is 4. The van der Waals surface area contributed by atoms with Crippen LogP contribution in [0.15, 0.2) is 46.4 Å². The molecule has 0 bridgehead atoms. The summed E-state index contributed by atoms with van der Waals surface area (Å²) in [6, 6.07) is 10.3. The summed E-state index contributed by atoms with van der Waals surface area (Å²) in [5.41, 5.74) is 3.77. The normalized spacial score (nSPS) is 28.3. The maximum Gasteiger partial charge on any atom is 0.213 e. The van der Waals surface area contributed by atoms with Crippen molar-refractivity contribution in [2.75, 3.05) is 37.7 Å². The van der Waals surface area contributed by atoms with Crippen LogP contribution in [0.5, 0.6) is 0 Å². The zero-order valence-corrected chi connectivity index (χ0v) is 18.1. The fourth-order valence-electron chi connectivity index (χ4n) is 4.30. The molecule has 1 aromatic carbocycles. The number of ether oxygens (including phenoxy) is 1. The van der Waals surface area contributed by atoms with E-state index in [9.17, 15) is 0 Å². The first-order valence-corrected chi connectivity index (χ1v) is 12.5. The third-order valence-electron chi connectivity index (χ3n) is 5.42. The van der Waals surface area contributed by atoms with Gasteiger partial charge in [-0.15, -0.1) is 0 Å². The minimum absolute atomic E-state index is 0.183. The quantitative estimate of drug-likeness (QED) is 0.780. The molecule has 146 valence electrons. The van der Waals surface area contributed by atoms with E-state index < -0.39 is 6.42 Å². The first kappa shape index (κ1) is 19.3. The van der Waals surface area contributed by atoms with E-state index in [1.165, 1.54) is 15.9 Å². The third kappa shape index (κ3) is 3.54. The monoisotopic (exact) mass is 406 g/mol. The molecule has 2 heterocycles. The zero-order valence-electron chi connectivity index (χ0n) is 16.4. The summed E-state index contributed by atoms with van der Waals surface area (Å²) in [5.74, 6) is 0. The lowest BCUT2D eigenvalue weighted by molar-refractivity contribution is -0.871. The van der Waals surface area contributed by atoms with E-state index >= 15 is 0 Å². The Morgan fingerprint density at radius 1 is 1.22 bits per heavy atom. The Morgan fingerprint density at radius 3 is 2.59 bits per heavy atom. The van der Waals surface area contributed by atoms with Crippen molar-refractivity contribution in [3.8, 4) is 0 Å². The number of fused-ring (bicyclic) bond motifs is 1. The molecule has 0 unspecified atom stereocenters. The number of quaternary nitrogens is 1. The predicted molar refractivity (Wildman–Crippen MR) is 114 cm³/mol. The van der Waals surface area contributed by atoms with Crippen LogP contribution in [0.1, 0.15) is 33.6 Å². The van der Waals surface area contributed by atoms with Gasteiger partial charge in [-0.1, -0.05) is 32.0 Å².